The molecule has 0 amide bonds. The Labute approximate surface area is 60.9 Å². The van der Waals surface area contributed by atoms with Crippen LogP contribution in [0.25, 0.3) is 0 Å². The minimum absolute atomic E-state index is 0.0138. The summed E-state index contributed by atoms with van der Waals surface area (Å²) in [5.74, 6) is 0. The Bertz CT molecular complexity index is 94.9. The average molecular weight is 146 g/mol. The third-order valence-corrected chi connectivity index (χ3v) is 1.82. The molecule has 0 unspecified atom stereocenters. The molecule has 0 aliphatic heterocycles. The van der Waals surface area contributed by atoms with Crippen molar-refractivity contribution in [2.45, 2.75) is 31.5 Å². The number of methoxy groups -OCH3 is 1. The van der Waals surface area contributed by atoms with Crippen molar-refractivity contribution in [2.75, 3.05) is 13.9 Å². The molecule has 1 rings (SSSR count). The number of aliphatic hydroxyl groups excluding tert-OH is 1. The van der Waals surface area contributed by atoms with Gasteiger partial charge in [0.25, 0.3) is 0 Å². The molecule has 0 bridgehead atoms. The highest BCUT2D eigenvalue weighted by molar-refractivity contribution is 4.76. The zero-order valence-electron chi connectivity index (χ0n) is 6.25. The molecule has 60 valence electrons. The number of hydrogen-bond donors (Lipinski definition) is 1. The molecule has 0 saturated heterocycles. The minimum Gasteiger partial charge on any atom is -0.390 e. The third kappa shape index (κ3) is 1.94. The summed E-state index contributed by atoms with van der Waals surface area (Å²) in [6.45, 7) is 0.293. The van der Waals surface area contributed by atoms with E-state index in [4.69, 9.17) is 9.47 Å². The van der Waals surface area contributed by atoms with E-state index in [9.17, 15) is 5.11 Å². The molecule has 1 saturated carbocycles. The fourth-order valence-electron chi connectivity index (χ4n) is 1.26. The Balaban J connectivity index is 2.14. The van der Waals surface area contributed by atoms with Gasteiger partial charge >= 0.3 is 0 Å². The summed E-state index contributed by atoms with van der Waals surface area (Å²) in [5, 5.41) is 9.24. The van der Waals surface area contributed by atoms with Crippen LogP contribution >= 0.6 is 0 Å². The van der Waals surface area contributed by atoms with Crippen LogP contribution < -0.4 is 0 Å². The van der Waals surface area contributed by atoms with Crippen LogP contribution in [0.1, 0.15) is 19.3 Å². The maximum atomic E-state index is 9.24. The van der Waals surface area contributed by atoms with Gasteiger partial charge in [-0.25, -0.2) is 0 Å². The van der Waals surface area contributed by atoms with Crippen LogP contribution in [-0.2, 0) is 9.47 Å². The predicted molar refractivity (Wildman–Crippen MR) is 36.6 cm³/mol. The summed E-state index contributed by atoms with van der Waals surface area (Å²) >= 11 is 0. The van der Waals surface area contributed by atoms with E-state index >= 15 is 0 Å². The Morgan fingerprint density at radius 3 is 2.80 bits per heavy atom. The molecule has 0 aromatic heterocycles. The van der Waals surface area contributed by atoms with Gasteiger partial charge in [-0.15, -0.1) is 0 Å². The van der Waals surface area contributed by atoms with Crippen molar-refractivity contribution in [2.24, 2.45) is 0 Å². The largest absolute Gasteiger partial charge is 0.390 e. The first-order valence-corrected chi connectivity index (χ1v) is 3.63. The molecule has 0 spiro atoms. The molecule has 0 aromatic rings. The SMILES string of the molecule is COCO[C@H]1CCC[C@@H]1O. The molecule has 1 aliphatic rings. The number of hydrogen-bond acceptors (Lipinski definition) is 3. The second-order valence-electron chi connectivity index (χ2n) is 2.61. The molecule has 10 heavy (non-hydrogen) atoms. The minimum atomic E-state index is -0.268. The Kier molecular flexibility index (Phi) is 3.12. The lowest BCUT2D eigenvalue weighted by atomic mass is 10.3. The van der Waals surface area contributed by atoms with Gasteiger partial charge in [0.15, 0.2) is 0 Å². The monoisotopic (exact) mass is 146 g/mol. The van der Waals surface area contributed by atoms with E-state index in [2.05, 4.69) is 0 Å². The molecular weight excluding hydrogens is 132 g/mol. The molecular formula is C7H14O3. The quantitative estimate of drug-likeness (QED) is 0.590. The fraction of sp³-hybridized carbons (Fsp3) is 1.00. The average Bonchev–Trinajstić information content (AvgIpc) is 2.31. The van der Waals surface area contributed by atoms with Crippen molar-refractivity contribution in [3.63, 3.8) is 0 Å². The van der Waals surface area contributed by atoms with Crippen molar-refractivity contribution in [1.82, 2.24) is 0 Å². The number of ether oxygens (including phenoxy) is 2. The van der Waals surface area contributed by atoms with Gasteiger partial charge in [-0.2, -0.15) is 0 Å². The van der Waals surface area contributed by atoms with Gasteiger partial charge < -0.3 is 14.6 Å². The Hall–Kier alpha value is -0.120. The molecule has 0 radical (unpaired) electrons. The Morgan fingerprint density at radius 1 is 1.50 bits per heavy atom. The van der Waals surface area contributed by atoms with Gasteiger partial charge in [0.1, 0.15) is 6.79 Å². The molecule has 3 nitrogen and oxygen atoms in total. The van der Waals surface area contributed by atoms with Crippen LogP contribution in [0, 0.1) is 0 Å². The molecule has 1 N–H and O–H groups in total. The fourth-order valence-corrected chi connectivity index (χ4v) is 1.26. The van der Waals surface area contributed by atoms with Gasteiger partial charge in [0.05, 0.1) is 12.2 Å². The summed E-state index contributed by atoms with van der Waals surface area (Å²) in [6, 6.07) is 0. The second-order valence-corrected chi connectivity index (χ2v) is 2.61. The van der Waals surface area contributed by atoms with E-state index in [0.29, 0.717) is 6.79 Å². The van der Waals surface area contributed by atoms with E-state index in [1.165, 1.54) is 0 Å². The van der Waals surface area contributed by atoms with Gasteiger partial charge in [-0.05, 0) is 19.3 Å². The maximum absolute atomic E-state index is 9.24. The molecule has 1 aliphatic carbocycles. The maximum Gasteiger partial charge on any atom is 0.146 e. The smallest absolute Gasteiger partial charge is 0.146 e. The van der Waals surface area contributed by atoms with E-state index in [-0.39, 0.29) is 12.2 Å². The molecule has 0 aromatic carbocycles. The lowest BCUT2D eigenvalue weighted by molar-refractivity contribution is -0.101. The second kappa shape index (κ2) is 3.91. The van der Waals surface area contributed by atoms with Gasteiger partial charge in [-0.1, -0.05) is 0 Å². The van der Waals surface area contributed by atoms with E-state index < -0.39 is 0 Å². The van der Waals surface area contributed by atoms with Crippen LogP contribution in [0.3, 0.4) is 0 Å². The summed E-state index contributed by atoms with van der Waals surface area (Å²) in [7, 11) is 1.58. The summed E-state index contributed by atoms with van der Waals surface area (Å²) in [5.41, 5.74) is 0. The van der Waals surface area contributed by atoms with Crippen molar-refractivity contribution < 1.29 is 14.6 Å². The van der Waals surface area contributed by atoms with E-state index in [1.807, 2.05) is 0 Å². The van der Waals surface area contributed by atoms with Crippen LogP contribution in [0.5, 0.6) is 0 Å². The number of rotatable bonds is 3. The van der Waals surface area contributed by atoms with Crippen LogP contribution in [0.15, 0.2) is 0 Å². The predicted octanol–water partition coefficient (Wildman–Crippen LogP) is 0.520. The first kappa shape index (κ1) is 7.98. The highest BCUT2D eigenvalue weighted by Crippen LogP contribution is 2.21. The summed E-state index contributed by atoms with van der Waals surface area (Å²) in [6.07, 6.45) is 2.64. The topological polar surface area (TPSA) is 38.7 Å². The van der Waals surface area contributed by atoms with E-state index in [1.54, 1.807) is 7.11 Å². The molecule has 1 fully saturated rings. The van der Waals surface area contributed by atoms with Gasteiger partial charge in [0.2, 0.25) is 0 Å². The Morgan fingerprint density at radius 2 is 2.30 bits per heavy atom. The normalized spacial score (nSPS) is 33.0. The van der Waals surface area contributed by atoms with Crippen molar-refractivity contribution in [3.05, 3.63) is 0 Å². The van der Waals surface area contributed by atoms with Crippen molar-refractivity contribution >= 4 is 0 Å². The summed E-state index contributed by atoms with van der Waals surface area (Å²) in [4.78, 5) is 0. The highest BCUT2D eigenvalue weighted by atomic mass is 16.7. The van der Waals surface area contributed by atoms with Gasteiger partial charge in [0, 0.05) is 7.11 Å². The zero-order valence-corrected chi connectivity index (χ0v) is 6.25. The zero-order chi connectivity index (χ0) is 7.40. The van der Waals surface area contributed by atoms with Crippen molar-refractivity contribution in [1.29, 1.82) is 0 Å². The first-order chi connectivity index (χ1) is 4.84. The lowest BCUT2D eigenvalue weighted by Gasteiger charge is -2.13. The molecule has 3 heteroatoms. The van der Waals surface area contributed by atoms with Crippen LogP contribution in [0.4, 0.5) is 0 Å². The third-order valence-electron chi connectivity index (χ3n) is 1.82. The summed E-state index contributed by atoms with van der Waals surface area (Å²) < 4.78 is 9.91. The standard InChI is InChI=1S/C7H14O3/c1-9-5-10-7-4-2-3-6(7)8/h6-8H,2-5H2,1H3/t6-,7-/m0/s1. The van der Waals surface area contributed by atoms with Crippen molar-refractivity contribution in [3.8, 4) is 0 Å². The number of aliphatic hydroxyl groups is 1. The highest BCUT2D eigenvalue weighted by Gasteiger charge is 2.25. The van der Waals surface area contributed by atoms with Gasteiger partial charge in [-0.3, -0.25) is 0 Å². The van der Waals surface area contributed by atoms with Crippen LogP contribution in [0.2, 0.25) is 0 Å². The lowest BCUT2D eigenvalue weighted by Crippen LogP contribution is -2.23. The van der Waals surface area contributed by atoms with E-state index in [0.717, 1.165) is 19.3 Å². The molecule has 2 atom stereocenters. The molecule has 0 heterocycles. The first-order valence-electron chi connectivity index (χ1n) is 3.63. The van der Waals surface area contributed by atoms with Crippen LogP contribution in [-0.4, -0.2) is 31.2 Å².